The van der Waals surface area contributed by atoms with Gasteiger partial charge in [-0.05, 0) is 52.9 Å². The van der Waals surface area contributed by atoms with E-state index < -0.39 is 15.3 Å². The summed E-state index contributed by atoms with van der Waals surface area (Å²) in [6.45, 7) is 3.49. The summed E-state index contributed by atoms with van der Waals surface area (Å²) in [5, 5.41) is 10.4. The summed E-state index contributed by atoms with van der Waals surface area (Å²) in [4.78, 5) is 17.9. The highest BCUT2D eigenvalue weighted by Gasteiger charge is 2.26. The van der Waals surface area contributed by atoms with Crippen LogP contribution in [-0.4, -0.2) is 41.7 Å². The Morgan fingerprint density at radius 1 is 0.973 bits per heavy atom. The van der Waals surface area contributed by atoms with E-state index in [4.69, 9.17) is 23.2 Å². The van der Waals surface area contributed by atoms with E-state index in [1.165, 1.54) is 6.26 Å². The fraction of sp³-hybridized carbons (Fsp3) is 0.214. The van der Waals surface area contributed by atoms with Crippen molar-refractivity contribution >= 4 is 38.8 Å². The second-order valence-electron chi connectivity index (χ2n) is 9.69. The van der Waals surface area contributed by atoms with Gasteiger partial charge in [0.25, 0.3) is 0 Å². The van der Waals surface area contributed by atoms with E-state index in [9.17, 15) is 18.3 Å². The molecule has 0 saturated heterocycles. The Labute approximate surface area is 226 Å². The summed E-state index contributed by atoms with van der Waals surface area (Å²) >= 11 is 13.0. The number of halogens is 2. The highest BCUT2D eigenvalue weighted by atomic mass is 35.5. The molecule has 0 aliphatic heterocycles. The summed E-state index contributed by atoms with van der Waals surface area (Å²) in [7, 11) is -3.33. The van der Waals surface area contributed by atoms with Gasteiger partial charge in [0.05, 0.1) is 20.5 Å². The van der Waals surface area contributed by atoms with Gasteiger partial charge in [-0.3, -0.25) is 9.36 Å². The SMILES string of the molecule is CC(C)(CO)CC(=O)c1cn(-c2ccc(-c3cccc(S(C)(=O)=O)c3)cc2)c(-c2c(Cl)cccc2Cl)n1. The van der Waals surface area contributed by atoms with Crippen LogP contribution in [0.4, 0.5) is 0 Å². The molecule has 3 aromatic carbocycles. The Morgan fingerprint density at radius 2 is 1.59 bits per heavy atom. The van der Waals surface area contributed by atoms with Gasteiger partial charge in [0.2, 0.25) is 0 Å². The number of aliphatic hydroxyl groups is 1. The Balaban J connectivity index is 1.80. The first-order valence-corrected chi connectivity index (χ1v) is 14.1. The van der Waals surface area contributed by atoms with Crippen LogP contribution in [0.5, 0.6) is 0 Å². The molecule has 4 rings (SSSR count). The maximum Gasteiger partial charge on any atom is 0.183 e. The monoisotopic (exact) mass is 556 g/mol. The number of aliphatic hydroxyl groups excluding tert-OH is 1. The van der Waals surface area contributed by atoms with E-state index in [1.54, 1.807) is 47.2 Å². The second kappa shape index (κ2) is 10.4. The van der Waals surface area contributed by atoms with Crippen LogP contribution in [0, 0.1) is 5.41 Å². The first kappa shape index (κ1) is 27.1. The van der Waals surface area contributed by atoms with E-state index in [0.29, 0.717) is 27.1 Å². The fourth-order valence-corrected chi connectivity index (χ4v) is 5.13. The lowest BCUT2D eigenvalue weighted by Crippen LogP contribution is -2.21. The zero-order chi connectivity index (χ0) is 27.0. The van der Waals surface area contributed by atoms with Crippen molar-refractivity contribution in [2.45, 2.75) is 25.2 Å². The molecule has 6 nitrogen and oxygen atoms in total. The number of aromatic nitrogens is 2. The van der Waals surface area contributed by atoms with Crippen LogP contribution >= 0.6 is 23.2 Å². The zero-order valence-corrected chi connectivity index (χ0v) is 22.9. The van der Waals surface area contributed by atoms with Gasteiger partial charge in [-0.2, -0.15) is 0 Å². The van der Waals surface area contributed by atoms with Gasteiger partial charge in [0.15, 0.2) is 15.6 Å². The highest BCUT2D eigenvalue weighted by molar-refractivity contribution is 7.90. The lowest BCUT2D eigenvalue weighted by molar-refractivity contribution is 0.0854. The molecule has 192 valence electrons. The number of Topliss-reactive ketones (excluding diaryl/α,β-unsaturated/α-hetero) is 1. The van der Waals surface area contributed by atoms with E-state index in [1.807, 2.05) is 44.2 Å². The lowest BCUT2D eigenvalue weighted by atomic mass is 9.88. The van der Waals surface area contributed by atoms with Crippen LogP contribution in [0.2, 0.25) is 10.0 Å². The molecule has 0 aliphatic rings. The third kappa shape index (κ3) is 5.96. The van der Waals surface area contributed by atoms with Gasteiger partial charge in [-0.25, -0.2) is 13.4 Å². The number of carbonyl (C=O) groups is 1. The standard InChI is InChI=1S/C28H26Cl2N2O4S/c1-28(2,17-33)15-25(34)24-16-32(27(31-24)26-22(29)8-5-9-23(26)30)20-12-10-18(11-13-20)19-6-4-7-21(14-19)37(3,35)36/h4-14,16,33H,15,17H2,1-3H3. The van der Waals surface area contributed by atoms with E-state index in [-0.39, 0.29) is 29.4 Å². The first-order valence-electron chi connectivity index (χ1n) is 11.5. The quantitative estimate of drug-likeness (QED) is 0.250. The van der Waals surface area contributed by atoms with Gasteiger partial charge in [0, 0.05) is 31.2 Å². The molecule has 0 amide bonds. The molecule has 1 N–H and O–H groups in total. The molecule has 4 aromatic rings. The predicted octanol–water partition coefficient (Wildman–Crippen LogP) is 6.51. The average molecular weight is 557 g/mol. The number of hydrogen-bond donors (Lipinski definition) is 1. The predicted molar refractivity (Wildman–Crippen MR) is 147 cm³/mol. The Kier molecular flexibility index (Phi) is 7.62. The number of imidazole rings is 1. The minimum absolute atomic E-state index is 0.117. The van der Waals surface area contributed by atoms with Crippen LogP contribution in [0.3, 0.4) is 0 Å². The minimum Gasteiger partial charge on any atom is -0.396 e. The molecule has 37 heavy (non-hydrogen) atoms. The van der Waals surface area contributed by atoms with Crippen LogP contribution in [0.15, 0.2) is 77.8 Å². The van der Waals surface area contributed by atoms with Crippen molar-refractivity contribution < 1.29 is 18.3 Å². The van der Waals surface area contributed by atoms with Crippen molar-refractivity contribution in [3.05, 3.63) is 88.7 Å². The van der Waals surface area contributed by atoms with Crippen LogP contribution in [-0.2, 0) is 9.84 Å². The van der Waals surface area contributed by atoms with Gasteiger partial charge < -0.3 is 5.11 Å². The summed E-state index contributed by atoms with van der Waals surface area (Å²) in [5.41, 5.74) is 2.44. The normalized spacial score (nSPS) is 12.1. The zero-order valence-electron chi connectivity index (χ0n) is 20.6. The molecule has 0 fully saturated rings. The third-order valence-electron chi connectivity index (χ3n) is 5.99. The van der Waals surface area contributed by atoms with Gasteiger partial charge in [0.1, 0.15) is 11.5 Å². The van der Waals surface area contributed by atoms with Gasteiger partial charge in [-0.15, -0.1) is 0 Å². The molecule has 0 saturated carbocycles. The molecule has 0 radical (unpaired) electrons. The Morgan fingerprint density at radius 3 is 2.19 bits per heavy atom. The molecular weight excluding hydrogens is 531 g/mol. The molecule has 0 atom stereocenters. The molecule has 1 aromatic heterocycles. The number of sulfone groups is 1. The van der Waals surface area contributed by atoms with Crippen molar-refractivity contribution in [2.75, 3.05) is 12.9 Å². The van der Waals surface area contributed by atoms with Gasteiger partial charge >= 0.3 is 0 Å². The Bertz CT molecular complexity index is 1560. The maximum absolute atomic E-state index is 13.1. The number of nitrogens with zero attached hydrogens (tertiary/aromatic N) is 2. The second-order valence-corrected chi connectivity index (χ2v) is 12.5. The van der Waals surface area contributed by atoms with Crippen LogP contribution < -0.4 is 0 Å². The molecule has 1 heterocycles. The topological polar surface area (TPSA) is 89.3 Å². The van der Waals surface area contributed by atoms with E-state index >= 15 is 0 Å². The molecule has 0 spiro atoms. The number of ketones is 1. The lowest BCUT2D eigenvalue weighted by Gasteiger charge is -2.19. The first-order chi connectivity index (χ1) is 17.4. The summed E-state index contributed by atoms with van der Waals surface area (Å²) < 4.78 is 25.7. The number of rotatable bonds is 8. The van der Waals surface area contributed by atoms with Crippen molar-refractivity contribution in [2.24, 2.45) is 5.41 Å². The smallest absolute Gasteiger partial charge is 0.183 e. The Hall–Kier alpha value is -2.97. The molecule has 0 bridgehead atoms. The van der Waals surface area contributed by atoms with E-state index in [2.05, 4.69) is 4.98 Å². The summed E-state index contributed by atoms with van der Waals surface area (Å²) in [6.07, 6.45) is 2.94. The maximum atomic E-state index is 13.1. The van der Waals surface area contributed by atoms with E-state index in [0.717, 1.165) is 11.1 Å². The molecular formula is C28H26Cl2N2O4S. The molecule has 0 aliphatic carbocycles. The average Bonchev–Trinajstić information content (AvgIpc) is 3.28. The largest absolute Gasteiger partial charge is 0.396 e. The van der Waals surface area contributed by atoms with Crippen molar-refractivity contribution in [3.63, 3.8) is 0 Å². The number of benzene rings is 3. The third-order valence-corrected chi connectivity index (χ3v) is 7.73. The van der Waals surface area contributed by atoms with Crippen molar-refractivity contribution in [1.82, 2.24) is 9.55 Å². The summed E-state index contributed by atoms with van der Waals surface area (Å²) in [5.74, 6) is 0.198. The number of carbonyl (C=O) groups excluding carboxylic acids is 1. The molecule has 0 unspecified atom stereocenters. The van der Waals surface area contributed by atoms with Crippen molar-refractivity contribution in [1.29, 1.82) is 0 Å². The fourth-order valence-electron chi connectivity index (χ4n) is 3.90. The summed E-state index contributed by atoms with van der Waals surface area (Å²) in [6, 6.07) is 19.3. The van der Waals surface area contributed by atoms with Crippen molar-refractivity contribution in [3.8, 4) is 28.2 Å². The van der Waals surface area contributed by atoms with Crippen LogP contribution in [0.1, 0.15) is 30.8 Å². The van der Waals surface area contributed by atoms with Crippen LogP contribution in [0.25, 0.3) is 28.2 Å². The highest BCUT2D eigenvalue weighted by Crippen LogP contribution is 2.36. The van der Waals surface area contributed by atoms with Gasteiger partial charge in [-0.1, -0.05) is 67.4 Å². The minimum atomic E-state index is -3.33. The number of hydrogen-bond acceptors (Lipinski definition) is 5. The molecule has 9 heteroatoms.